The Bertz CT molecular complexity index is 423. The van der Waals surface area contributed by atoms with Crippen molar-refractivity contribution in [2.75, 3.05) is 12.5 Å². The van der Waals surface area contributed by atoms with Crippen molar-refractivity contribution >= 4 is 23.2 Å². The van der Waals surface area contributed by atoms with Crippen molar-refractivity contribution in [3.05, 3.63) is 28.8 Å². The molecule has 0 spiro atoms. The van der Waals surface area contributed by atoms with Crippen LogP contribution in [0.15, 0.2) is 18.2 Å². The smallest absolute Gasteiger partial charge is 0.256 e. The zero-order valence-corrected chi connectivity index (χ0v) is 11.8. The summed E-state index contributed by atoms with van der Waals surface area (Å²) in [4.78, 5) is 14.1. The summed E-state index contributed by atoms with van der Waals surface area (Å²) in [6.07, 6.45) is 2.00. The minimum atomic E-state index is -0.0774. The summed E-state index contributed by atoms with van der Waals surface area (Å²) in [6.45, 7) is 4.13. The highest BCUT2D eigenvalue weighted by molar-refractivity contribution is 6.31. The van der Waals surface area contributed by atoms with Gasteiger partial charge in [-0.1, -0.05) is 24.9 Å². The third kappa shape index (κ3) is 3.37. The van der Waals surface area contributed by atoms with Gasteiger partial charge in [0.2, 0.25) is 0 Å². The van der Waals surface area contributed by atoms with Crippen molar-refractivity contribution in [2.24, 2.45) is 5.84 Å². The number of hydrogen-bond acceptors (Lipinski definition) is 3. The van der Waals surface area contributed by atoms with E-state index in [-0.39, 0.29) is 11.9 Å². The Kier molecular flexibility index (Phi) is 5.44. The first kappa shape index (κ1) is 14.8. The van der Waals surface area contributed by atoms with Gasteiger partial charge in [-0.2, -0.15) is 0 Å². The van der Waals surface area contributed by atoms with E-state index in [0.29, 0.717) is 16.3 Å². The lowest BCUT2D eigenvalue weighted by molar-refractivity contribution is 0.0737. The SMILES string of the molecule is CCCC(C)N(C)C(=O)c1cc(Cl)ccc1NN. The Balaban J connectivity index is 2.98. The molecule has 0 aliphatic carbocycles. The molecule has 0 aliphatic heterocycles. The van der Waals surface area contributed by atoms with Gasteiger partial charge in [0.25, 0.3) is 5.91 Å². The van der Waals surface area contributed by atoms with Crippen molar-refractivity contribution in [2.45, 2.75) is 32.7 Å². The summed E-state index contributed by atoms with van der Waals surface area (Å²) in [5.41, 5.74) is 3.60. The average Bonchev–Trinajstić information content (AvgIpc) is 2.37. The molecule has 1 unspecified atom stereocenters. The van der Waals surface area contributed by atoms with Gasteiger partial charge in [-0.3, -0.25) is 10.6 Å². The Hall–Kier alpha value is -1.26. The first-order valence-electron chi connectivity index (χ1n) is 6.04. The third-order valence-corrected chi connectivity index (χ3v) is 3.29. The zero-order chi connectivity index (χ0) is 13.7. The van der Waals surface area contributed by atoms with E-state index in [4.69, 9.17) is 17.4 Å². The van der Waals surface area contributed by atoms with Crippen molar-refractivity contribution < 1.29 is 4.79 Å². The minimum Gasteiger partial charge on any atom is -0.339 e. The average molecular weight is 270 g/mol. The summed E-state index contributed by atoms with van der Waals surface area (Å²) < 4.78 is 0. The monoisotopic (exact) mass is 269 g/mol. The fraction of sp³-hybridized carbons (Fsp3) is 0.462. The lowest BCUT2D eigenvalue weighted by Crippen LogP contribution is -2.35. The van der Waals surface area contributed by atoms with Gasteiger partial charge in [0.15, 0.2) is 0 Å². The summed E-state index contributed by atoms with van der Waals surface area (Å²) in [5, 5.41) is 0.522. The Morgan fingerprint density at radius 3 is 2.78 bits per heavy atom. The predicted octanol–water partition coefficient (Wildman–Crippen LogP) is 2.89. The Morgan fingerprint density at radius 2 is 2.22 bits per heavy atom. The molecule has 1 aromatic rings. The van der Waals surface area contributed by atoms with E-state index in [1.165, 1.54) is 0 Å². The molecule has 4 nitrogen and oxygen atoms in total. The number of carbonyl (C=O) groups is 1. The molecule has 0 aromatic heterocycles. The molecule has 1 atom stereocenters. The van der Waals surface area contributed by atoms with E-state index < -0.39 is 0 Å². The number of hydrogen-bond donors (Lipinski definition) is 2. The molecule has 100 valence electrons. The van der Waals surface area contributed by atoms with Crippen molar-refractivity contribution in [1.29, 1.82) is 0 Å². The molecule has 0 radical (unpaired) electrons. The maximum atomic E-state index is 12.4. The largest absolute Gasteiger partial charge is 0.339 e. The van der Waals surface area contributed by atoms with Crippen molar-refractivity contribution in [3.63, 3.8) is 0 Å². The predicted molar refractivity (Wildman–Crippen MR) is 75.7 cm³/mol. The third-order valence-electron chi connectivity index (χ3n) is 3.06. The lowest BCUT2D eigenvalue weighted by Gasteiger charge is -2.25. The second-order valence-corrected chi connectivity index (χ2v) is 4.82. The lowest BCUT2D eigenvalue weighted by atomic mass is 10.1. The van der Waals surface area contributed by atoms with Gasteiger partial charge in [-0.25, -0.2) is 0 Å². The molecule has 18 heavy (non-hydrogen) atoms. The summed E-state index contributed by atoms with van der Waals surface area (Å²) in [6, 6.07) is 5.22. The van der Waals surface area contributed by atoms with Gasteiger partial charge in [-0.15, -0.1) is 0 Å². The van der Waals surface area contributed by atoms with Crippen molar-refractivity contribution in [1.82, 2.24) is 4.90 Å². The maximum absolute atomic E-state index is 12.4. The van der Waals surface area contributed by atoms with E-state index in [1.54, 1.807) is 30.1 Å². The molecular weight excluding hydrogens is 250 g/mol. The van der Waals surface area contributed by atoms with Gasteiger partial charge in [0.1, 0.15) is 0 Å². The number of nitrogens with zero attached hydrogens (tertiary/aromatic N) is 1. The van der Waals surface area contributed by atoms with Crippen LogP contribution in [-0.2, 0) is 0 Å². The van der Waals surface area contributed by atoms with Crippen LogP contribution < -0.4 is 11.3 Å². The summed E-state index contributed by atoms with van der Waals surface area (Å²) >= 11 is 5.92. The van der Waals surface area contributed by atoms with E-state index in [1.807, 2.05) is 6.92 Å². The molecule has 0 bridgehead atoms. The van der Waals surface area contributed by atoms with Crippen LogP contribution in [0.4, 0.5) is 5.69 Å². The number of nitrogens with one attached hydrogen (secondary N) is 1. The molecule has 1 amide bonds. The Morgan fingerprint density at radius 1 is 1.56 bits per heavy atom. The number of amides is 1. The first-order valence-corrected chi connectivity index (χ1v) is 6.42. The highest BCUT2D eigenvalue weighted by Crippen LogP contribution is 2.22. The van der Waals surface area contributed by atoms with Crippen LogP contribution in [0.25, 0.3) is 0 Å². The van der Waals surface area contributed by atoms with Crippen LogP contribution in [0.3, 0.4) is 0 Å². The normalized spacial score (nSPS) is 12.1. The molecular formula is C13H20ClN3O. The van der Waals surface area contributed by atoms with Gasteiger partial charge in [0.05, 0.1) is 11.3 Å². The number of hydrazine groups is 1. The van der Waals surface area contributed by atoms with Gasteiger partial charge < -0.3 is 10.3 Å². The minimum absolute atomic E-state index is 0.0774. The van der Waals surface area contributed by atoms with Gasteiger partial charge in [-0.05, 0) is 31.5 Å². The van der Waals surface area contributed by atoms with Crippen LogP contribution >= 0.6 is 11.6 Å². The van der Waals surface area contributed by atoms with Crippen LogP contribution in [0.1, 0.15) is 37.0 Å². The molecule has 1 rings (SSSR count). The topological polar surface area (TPSA) is 58.4 Å². The van der Waals surface area contributed by atoms with E-state index in [2.05, 4.69) is 12.3 Å². The molecule has 0 aliphatic rings. The quantitative estimate of drug-likeness (QED) is 0.638. The summed E-state index contributed by atoms with van der Waals surface area (Å²) in [7, 11) is 1.80. The fourth-order valence-electron chi connectivity index (χ4n) is 1.82. The first-order chi connectivity index (χ1) is 8.51. The van der Waals surface area contributed by atoms with E-state index >= 15 is 0 Å². The summed E-state index contributed by atoms with van der Waals surface area (Å²) in [5.74, 6) is 5.33. The molecule has 0 heterocycles. The van der Waals surface area contributed by atoms with E-state index in [0.717, 1.165) is 12.8 Å². The number of halogens is 1. The van der Waals surface area contributed by atoms with Crippen LogP contribution in [0.2, 0.25) is 5.02 Å². The molecule has 5 heteroatoms. The second-order valence-electron chi connectivity index (χ2n) is 4.39. The van der Waals surface area contributed by atoms with Crippen LogP contribution in [0, 0.1) is 0 Å². The number of nitrogens with two attached hydrogens (primary N) is 1. The fourth-order valence-corrected chi connectivity index (χ4v) is 1.99. The van der Waals surface area contributed by atoms with E-state index in [9.17, 15) is 4.79 Å². The highest BCUT2D eigenvalue weighted by atomic mass is 35.5. The molecule has 0 saturated heterocycles. The molecule has 0 saturated carbocycles. The zero-order valence-electron chi connectivity index (χ0n) is 11.0. The van der Waals surface area contributed by atoms with Crippen LogP contribution in [0.5, 0.6) is 0 Å². The standard InChI is InChI=1S/C13H20ClN3O/c1-4-5-9(2)17(3)13(18)11-8-10(14)6-7-12(11)16-15/h6-9,16H,4-5,15H2,1-3H3. The van der Waals surface area contributed by atoms with Gasteiger partial charge >= 0.3 is 0 Å². The number of benzene rings is 1. The molecule has 3 N–H and O–H groups in total. The number of nitrogen functional groups attached to an aromatic ring is 1. The second kappa shape index (κ2) is 6.61. The van der Waals surface area contributed by atoms with Crippen LogP contribution in [-0.4, -0.2) is 23.9 Å². The highest BCUT2D eigenvalue weighted by Gasteiger charge is 2.19. The Labute approximate surface area is 113 Å². The molecule has 1 aromatic carbocycles. The number of carbonyl (C=O) groups excluding carboxylic acids is 1. The van der Waals surface area contributed by atoms with Gasteiger partial charge in [0, 0.05) is 18.1 Å². The number of rotatable bonds is 5. The molecule has 0 fully saturated rings. The maximum Gasteiger partial charge on any atom is 0.256 e. The van der Waals surface area contributed by atoms with Crippen molar-refractivity contribution in [3.8, 4) is 0 Å². The number of anilines is 1.